The van der Waals surface area contributed by atoms with E-state index in [9.17, 15) is 0 Å². The second-order valence-corrected chi connectivity index (χ2v) is 4.38. The lowest BCUT2D eigenvalue weighted by molar-refractivity contribution is 0.997. The van der Waals surface area contributed by atoms with Crippen LogP contribution in [0.4, 0.5) is 0 Å². The molecular formula is C13H17BrClN. The Kier molecular flexibility index (Phi) is 9.30. The SMILES string of the molecule is C=CCCc1cc(Cl)ccc1Br.C=CCN. The quantitative estimate of drug-likeness (QED) is 0.822. The largest absolute Gasteiger partial charge is 0.327 e. The first kappa shape index (κ1) is 15.4. The summed E-state index contributed by atoms with van der Waals surface area (Å²) < 4.78 is 1.12. The summed E-state index contributed by atoms with van der Waals surface area (Å²) in [6, 6.07) is 5.83. The summed E-state index contributed by atoms with van der Waals surface area (Å²) in [5.41, 5.74) is 6.15. The molecule has 0 spiro atoms. The fraction of sp³-hybridized carbons (Fsp3) is 0.231. The highest BCUT2D eigenvalue weighted by Gasteiger charge is 1.98. The minimum atomic E-state index is 0.583. The number of hydrogen-bond acceptors (Lipinski definition) is 1. The molecule has 0 radical (unpaired) electrons. The Bertz CT molecular complexity index is 337. The molecule has 1 nitrogen and oxygen atoms in total. The van der Waals surface area contributed by atoms with Gasteiger partial charge < -0.3 is 5.73 Å². The summed E-state index contributed by atoms with van der Waals surface area (Å²) >= 11 is 9.32. The molecule has 0 heterocycles. The third kappa shape index (κ3) is 6.83. The molecule has 3 heteroatoms. The van der Waals surface area contributed by atoms with E-state index in [2.05, 4.69) is 29.1 Å². The second kappa shape index (κ2) is 9.64. The fourth-order valence-electron chi connectivity index (χ4n) is 0.992. The van der Waals surface area contributed by atoms with E-state index < -0.39 is 0 Å². The number of halogens is 2. The van der Waals surface area contributed by atoms with Crippen molar-refractivity contribution >= 4 is 27.5 Å². The number of hydrogen-bond donors (Lipinski definition) is 1. The highest BCUT2D eigenvalue weighted by atomic mass is 79.9. The molecule has 0 aliphatic carbocycles. The van der Waals surface area contributed by atoms with Crippen molar-refractivity contribution in [2.24, 2.45) is 5.73 Å². The molecule has 0 fully saturated rings. The van der Waals surface area contributed by atoms with Crippen molar-refractivity contribution in [2.75, 3.05) is 6.54 Å². The average molecular weight is 303 g/mol. The minimum Gasteiger partial charge on any atom is -0.327 e. The van der Waals surface area contributed by atoms with Gasteiger partial charge in [-0.2, -0.15) is 0 Å². The van der Waals surface area contributed by atoms with Gasteiger partial charge in [0.2, 0.25) is 0 Å². The van der Waals surface area contributed by atoms with Crippen LogP contribution in [0.2, 0.25) is 5.02 Å². The van der Waals surface area contributed by atoms with Crippen LogP contribution in [0.1, 0.15) is 12.0 Å². The molecule has 1 aromatic carbocycles. The van der Waals surface area contributed by atoms with E-state index in [-0.39, 0.29) is 0 Å². The van der Waals surface area contributed by atoms with Gasteiger partial charge in [-0.05, 0) is 36.6 Å². The van der Waals surface area contributed by atoms with E-state index in [1.54, 1.807) is 6.08 Å². The van der Waals surface area contributed by atoms with Gasteiger partial charge in [-0.25, -0.2) is 0 Å². The van der Waals surface area contributed by atoms with Gasteiger partial charge in [0.15, 0.2) is 0 Å². The van der Waals surface area contributed by atoms with Crippen LogP contribution in [0, 0.1) is 0 Å². The minimum absolute atomic E-state index is 0.583. The molecule has 0 unspecified atom stereocenters. The molecular weight excluding hydrogens is 286 g/mol. The molecule has 16 heavy (non-hydrogen) atoms. The molecule has 0 bridgehead atoms. The smallest absolute Gasteiger partial charge is 0.0409 e. The molecule has 0 saturated carbocycles. The Hall–Kier alpha value is -0.570. The summed E-state index contributed by atoms with van der Waals surface area (Å²) in [6.07, 6.45) is 5.54. The first-order valence-corrected chi connectivity index (χ1v) is 6.18. The maximum atomic E-state index is 5.85. The zero-order chi connectivity index (χ0) is 12.4. The number of benzene rings is 1. The first-order valence-electron chi connectivity index (χ1n) is 5.01. The standard InChI is InChI=1S/C10H10BrCl.C3H7N/c1-2-3-4-8-7-9(12)5-6-10(8)11;1-2-3-4/h2,5-7H,1,3-4H2;2H,1,3-4H2. The van der Waals surface area contributed by atoms with Crippen LogP contribution >= 0.6 is 27.5 Å². The average Bonchev–Trinajstić information content (AvgIpc) is 2.30. The van der Waals surface area contributed by atoms with Crippen molar-refractivity contribution in [3.8, 4) is 0 Å². The normalized spacial score (nSPS) is 8.94. The Balaban J connectivity index is 0.000000487. The molecule has 0 aliphatic heterocycles. The summed E-state index contributed by atoms with van der Waals surface area (Å²) in [5.74, 6) is 0. The molecule has 1 rings (SSSR count). The van der Waals surface area contributed by atoms with Crippen molar-refractivity contribution in [1.29, 1.82) is 0 Å². The number of aryl methyl sites for hydroxylation is 1. The van der Waals surface area contributed by atoms with Crippen molar-refractivity contribution in [1.82, 2.24) is 0 Å². The number of nitrogens with two attached hydrogens (primary N) is 1. The molecule has 88 valence electrons. The molecule has 0 amide bonds. The first-order chi connectivity index (χ1) is 7.65. The van der Waals surface area contributed by atoms with Crippen molar-refractivity contribution in [3.63, 3.8) is 0 Å². The molecule has 0 aromatic heterocycles. The molecule has 0 aliphatic rings. The third-order valence-electron chi connectivity index (χ3n) is 1.79. The monoisotopic (exact) mass is 301 g/mol. The van der Waals surface area contributed by atoms with Crippen LogP contribution < -0.4 is 5.73 Å². The molecule has 0 atom stereocenters. The topological polar surface area (TPSA) is 26.0 Å². The van der Waals surface area contributed by atoms with Gasteiger partial charge in [0.05, 0.1) is 0 Å². The highest BCUT2D eigenvalue weighted by molar-refractivity contribution is 9.10. The lowest BCUT2D eigenvalue weighted by Crippen LogP contribution is -1.90. The van der Waals surface area contributed by atoms with E-state index in [0.29, 0.717) is 6.54 Å². The maximum Gasteiger partial charge on any atom is 0.0409 e. The molecule has 2 N–H and O–H groups in total. The Morgan fingerprint density at radius 3 is 2.44 bits per heavy atom. The van der Waals surface area contributed by atoms with E-state index >= 15 is 0 Å². The van der Waals surface area contributed by atoms with E-state index in [1.165, 1.54) is 5.56 Å². The Morgan fingerprint density at radius 1 is 1.31 bits per heavy atom. The van der Waals surface area contributed by atoms with Gasteiger partial charge in [-0.1, -0.05) is 39.7 Å². The van der Waals surface area contributed by atoms with E-state index in [1.807, 2.05) is 24.3 Å². The number of allylic oxidation sites excluding steroid dienone is 1. The lowest BCUT2D eigenvalue weighted by atomic mass is 10.1. The molecule has 0 saturated heterocycles. The van der Waals surface area contributed by atoms with Gasteiger partial charge in [-0.15, -0.1) is 13.2 Å². The summed E-state index contributed by atoms with van der Waals surface area (Å²) in [4.78, 5) is 0. The van der Waals surface area contributed by atoms with Crippen LogP contribution in [0.15, 0.2) is 48.0 Å². The van der Waals surface area contributed by atoms with Gasteiger partial charge in [0, 0.05) is 16.0 Å². The van der Waals surface area contributed by atoms with E-state index in [4.69, 9.17) is 17.3 Å². The summed E-state index contributed by atoms with van der Waals surface area (Å²) in [5, 5.41) is 0.789. The zero-order valence-electron chi connectivity index (χ0n) is 9.26. The van der Waals surface area contributed by atoms with Gasteiger partial charge in [0.25, 0.3) is 0 Å². The highest BCUT2D eigenvalue weighted by Crippen LogP contribution is 2.22. The summed E-state index contributed by atoms with van der Waals surface area (Å²) in [7, 11) is 0. The molecule has 1 aromatic rings. The summed E-state index contributed by atoms with van der Waals surface area (Å²) in [6.45, 7) is 7.62. The number of rotatable bonds is 4. The zero-order valence-corrected chi connectivity index (χ0v) is 11.6. The predicted molar refractivity (Wildman–Crippen MR) is 76.9 cm³/mol. The van der Waals surface area contributed by atoms with Crippen LogP contribution in [-0.2, 0) is 6.42 Å². The lowest BCUT2D eigenvalue weighted by Gasteiger charge is -2.02. The van der Waals surface area contributed by atoms with Gasteiger partial charge in [-0.3, -0.25) is 0 Å². The second-order valence-electron chi connectivity index (χ2n) is 3.09. The maximum absolute atomic E-state index is 5.85. The van der Waals surface area contributed by atoms with Crippen LogP contribution in [0.3, 0.4) is 0 Å². The van der Waals surface area contributed by atoms with Gasteiger partial charge >= 0.3 is 0 Å². The van der Waals surface area contributed by atoms with Crippen LogP contribution in [-0.4, -0.2) is 6.54 Å². The van der Waals surface area contributed by atoms with Gasteiger partial charge in [0.1, 0.15) is 0 Å². The van der Waals surface area contributed by atoms with Crippen molar-refractivity contribution in [3.05, 3.63) is 58.6 Å². The predicted octanol–water partition coefficient (Wildman–Crippen LogP) is 4.35. The van der Waals surface area contributed by atoms with Crippen molar-refractivity contribution < 1.29 is 0 Å². The Labute approximate surface area is 111 Å². The van der Waals surface area contributed by atoms with Crippen LogP contribution in [0.5, 0.6) is 0 Å². The van der Waals surface area contributed by atoms with Crippen LogP contribution in [0.25, 0.3) is 0 Å². The Morgan fingerprint density at radius 2 is 1.94 bits per heavy atom. The fourth-order valence-corrected chi connectivity index (χ4v) is 1.63. The van der Waals surface area contributed by atoms with E-state index in [0.717, 1.165) is 22.3 Å². The third-order valence-corrected chi connectivity index (χ3v) is 2.80. The van der Waals surface area contributed by atoms with Crippen molar-refractivity contribution in [2.45, 2.75) is 12.8 Å².